The molecular weight excluding hydrogens is 186 g/mol. The fourth-order valence-electron chi connectivity index (χ4n) is 1.69. The first-order valence-electron chi connectivity index (χ1n) is 5.16. The van der Waals surface area contributed by atoms with Gasteiger partial charge in [0.2, 0.25) is 0 Å². The van der Waals surface area contributed by atoms with Crippen LogP contribution in [0.1, 0.15) is 31.4 Å². The lowest BCUT2D eigenvalue weighted by Crippen LogP contribution is -2.11. The van der Waals surface area contributed by atoms with Crippen LogP contribution >= 0.6 is 0 Å². The van der Waals surface area contributed by atoms with Gasteiger partial charge in [0.1, 0.15) is 0 Å². The van der Waals surface area contributed by atoms with Crippen molar-refractivity contribution in [1.82, 2.24) is 14.5 Å². The average Bonchev–Trinajstić information content (AvgIpc) is 2.82. The Labute approximate surface area is 89.8 Å². The molecule has 0 aromatic carbocycles. The molecule has 0 aliphatic carbocycles. The molecule has 0 bridgehead atoms. The van der Waals surface area contributed by atoms with E-state index in [1.54, 1.807) is 6.20 Å². The van der Waals surface area contributed by atoms with Crippen LogP contribution in [-0.2, 0) is 0 Å². The summed E-state index contributed by atoms with van der Waals surface area (Å²) in [6, 6.07) is 4.49. The molecule has 0 radical (unpaired) electrons. The van der Waals surface area contributed by atoms with E-state index in [9.17, 15) is 0 Å². The highest BCUT2D eigenvalue weighted by molar-refractivity contribution is 5.15. The molecule has 78 valence electrons. The van der Waals surface area contributed by atoms with Gasteiger partial charge in [-0.15, -0.1) is 0 Å². The molecule has 3 nitrogen and oxygen atoms in total. The van der Waals surface area contributed by atoms with Crippen molar-refractivity contribution in [3.63, 3.8) is 0 Å². The minimum absolute atomic E-state index is 0.400. The van der Waals surface area contributed by atoms with E-state index in [0.717, 1.165) is 0 Å². The molecule has 0 aliphatic heterocycles. The number of pyridine rings is 1. The maximum Gasteiger partial charge on any atom is 0.0948 e. The Hall–Kier alpha value is -1.64. The van der Waals surface area contributed by atoms with Crippen molar-refractivity contribution in [3.8, 4) is 0 Å². The Morgan fingerprint density at radius 2 is 2.07 bits per heavy atom. The summed E-state index contributed by atoms with van der Waals surface area (Å²) in [7, 11) is 0. The second kappa shape index (κ2) is 4.26. The standard InChI is InChI=1S/C12H15N3/c1-10(12-4-3-5-13-8-12)11(2)15-7-6-14-9-15/h3-11H,1-2H3. The minimum atomic E-state index is 0.400. The largest absolute Gasteiger partial charge is 0.334 e. The predicted molar refractivity (Wildman–Crippen MR) is 59.6 cm³/mol. The monoisotopic (exact) mass is 201 g/mol. The van der Waals surface area contributed by atoms with Crippen LogP contribution in [0.2, 0.25) is 0 Å². The third kappa shape index (κ3) is 2.06. The number of aromatic nitrogens is 3. The highest BCUT2D eigenvalue weighted by atomic mass is 15.0. The van der Waals surface area contributed by atoms with Crippen LogP contribution in [-0.4, -0.2) is 14.5 Å². The Kier molecular flexibility index (Phi) is 2.81. The molecule has 0 saturated carbocycles. The molecule has 0 aliphatic rings. The van der Waals surface area contributed by atoms with Gasteiger partial charge in [-0.1, -0.05) is 13.0 Å². The van der Waals surface area contributed by atoms with Gasteiger partial charge in [0.15, 0.2) is 0 Å². The maximum atomic E-state index is 4.14. The number of nitrogens with zero attached hydrogens (tertiary/aromatic N) is 3. The summed E-state index contributed by atoms with van der Waals surface area (Å²) in [5.74, 6) is 0.438. The van der Waals surface area contributed by atoms with Crippen molar-refractivity contribution in [1.29, 1.82) is 0 Å². The average molecular weight is 201 g/mol. The van der Waals surface area contributed by atoms with Crippen molar-refractivity contribution in [2.24, 2.45) is 0 Å². The molecular formula is C12H15N3. The molecule has 2 rings (SSSR count). The summed E-state index contributed by atoms with van der Waals surface area (Å²) in [6.45, 7) is 4.40. The highest BCUT2D eigenvalue weighted by Crippen LogP contribution is 2.26. The van der Waals surface area contributed by atoms with E-state index in [1.165, 1.54) is 5.56 Å². The van der Waals surface area contributed by atoms with Gasteiger partial charge in [0.05, 0.1) is 6.33 Å². The quantitative estimate of drug-likeness (QED) is 0.764. The van der Waals surface area contributed by atoms with Crippen LogP contribution in [0, 0.1) is 0 Å². The third-order valence-corrected chi connectivity index (χ3v) is 2.93. The number of rotatable bonds is 3. The molecule has 0 spiro atoms. The Balaban J connectivity index is 2.18. The van der Waals surface area contributed by atoms with E-state index in [1.807, 2.05) is 31.0 Å². The first-order valence-corrected chi connectivity index (χ1v) is 5.16. The van der Waals surface area contributed by atoms with Gasteiger partial charge in [0, 0.05) is 36.7 Å². The van der Waals surface area contributed by atoms with Crippen molar-refractivity contribution in [2.75, 3.05) is 0 Å². The van der Waals surface area contributed by atoms with Gasteiger partial charge in [-0.05, 0) is 18.6 Å². The van der Waals surface area contributed by atoms with E-state index in [-0.39, 0.29) is 0 Å². The second-order valence-corrected chi connectivity index (χ2v) is 3.83. The van der Waals surface area contributed by atoms with Crippen molar-refractivity contribution in [3.05, 3.63) is 48.8 Å². The summed E-state index contributed by atoms with van der Waals surface area (Å²) < 4.78 is 2.12. The van der Waals surface area contributed by atoms with Crippen LogP contribution in [0.3, 0.4) is 0 Å². The fourth-order valence-corrected chi connectivity index (χ4v) is 1.69. The zero-order valence-corrected chi connectivity index (χ0v) is 9.04. The summed E-state index contributed by atoms with van der Waals surface area (Å²) in [4.78, 5) is 8.21. The molecule has 2 atom stereocenters. The lowest BCUT2D eigenvalue weighted by molar-refractivity contribution is 0.467. The minimum Gasteiger partial charge on any atom is -0.334 e. The lowest BCUT2D eigenvalue weighted by Gasteiger charge is -2.21. The predicted octanol–water partition coefficient (Wildman–Crippen LogP) is 2.64. The summed E-state index contributed by atoms with van der Waals surface area (Å²) in [5, 5.41) is 0. The van der Waals surface area contributed by atoms with Crippen LogP contribution < -0.4 is 0 Å². The molecule has 0 amide bonds. The first-order chi connectivity index (χ1) is 7.29. The number of hydrogen-bond acceptors (Lipinski definition) is 2. The fraction of sp³-hybridized carbons (Fsp3) is 0.333. The van der Waals surface area contributed by atoms with E-state index < -0.39 is 0 Å². The molecule has 0 saturated heterocycles. The van der Waals surface area contributed by atoms with Crippen LogP contribution in [0.5, 0.6) is 0 Å². The van der Waals surface area contributed by atoms with Crippen LogP contribution in [0.15, 0.2) is 43.2 Å². The van der Waals surface area contributed by atoms with Crippen molar-refractivity contribution < 1.29 is 0 Å². The lowest BCUT2D eigenvalue weighted by atomic mass is 9.96. The highest BCUT2D eigenvalue weighted by Gasteiger charge is 2.15. The summed E-state index contributed by atoms with van der Waals surface area (Å²) in [5.41, 5.74) is 1.26. The van der Waals surface area contributed by atoms with Crippen molar-refractivity contribution >= 4 is 0 Å². The zero-order chi connectivity index (χ0) is 10.7. The molecule has 0 fully saturated rings. The Bertz CT molecular complexity index is 394. The SMILES string of the molecule is CC(c1cccnc1)C(C)n1ccnc1. The zero-order valence-electron chi connectivity index (χ0n) is 9.04. The number of imidazole rings is 1. The molecule has 2 unspecified atom stereocenters. The molecule has 2 heterocycles. The summed E-state index contributed by atoms with van der Waals surface area (Å²) >= 11 is 0. The first kappa shape index (κ1) is 9.90. The van der Waals surface area contributed by atoms with Gasteiger partial charge < -0.3 is 4.57 Å². The van der Waals surface area contributed by atoms with Gasteiger partial charge >= 0.3 is 0 Å². The summed E-state index contributed by atoms with van der Waals surface area (Å²) in [6.07, 6.45) is 9.40. The maximum absolute atomic E-state index is 4.14. The Morgan fingerprint density at radius 1 is 1.20 bits per heavy atom. The molecule has 0 N–H and O–H groups in total. The third-order valence-electron chi connectivity index (χ3n) is 2.93. The molecule has 3 heteroatoms. The normalized spacial score (nSPS) is 14.8. The smallest absolute Gasteiger partial charge is 0.0948 e. The van der Waals surface area contributed by atoms with E-state index >= 15 is 0 Å². The molecule has 15 heavy (non-hydrogen) atoms. The second-order valence-electron chi connectivity index (χ2n) is 3.83. The van der Waals surface area contributed by atoms with E-state index in [4.69, 9.17) is 0 Å². The Morgan fingerprint density at radius 3 is 2.67 bits per heavy atom. The van der Waals surface area contributed by atoms with Gasteiger partial charge in [0.25, 0.3) is 0 Å². The van der Waals surface area contributed by atoms with Crippen molar-refractivity contribution in [2.45, 2.75) is 25.8 Å². The molecule has 2 aromatic rings. The van der Waals surface area contributed by atoms with E-state index in [2.05, 4.69) is 34.4 Å². The topological polar surface area (TPSA) is 30.7 Å². The van der Waals surface area contributed by atoms with Crippen LogP contribution in [0.25, 0.3) is 0 Å². The van der Waals surface area contributed by atoms with Gasteiger partial charge in [-0.25, -0.2) is 4.98 Å². The van der Waals surface area contributed by atoms with Gasteiger partial charge in [-0.3, -0.25) is 4.98 Å². The van der Waals surface area contributed by atoms with E-state index in [0.29, 0.717) is 12.0 Å². The van der Waals surface area contributed by atoms with Gasteiger partial charge in [-0.2, -0.15) is 0 Å². The molecule has 2 aromatic heterocycles. The number of hydrogen-bond donors (Lipinski definition) is 0. The van der Waals surface area contributed by atoms with Crippen LogP contribution in [0.4, 0.5) is 0 Å².